The van der Waals surface area contributed by atoms with Crippen LogP contribution in [0.15, 0.2) is 18.2 Å². The highest BCUT2D eigenvalue weighted by atomic mass is 79.9. The standard InChI is InChI=1S/C13H14BrCl2NO/c14-7-10-3-4-17(8-10)13(18)6-9-1-2-11(15)12(16)5-9/h1-2,5,10H,3-4,6-8H2. The predicted octanol–water partition coefficient (Wildman–Crippen LogP) is 3.78. The van der Waals surface area contributed by atoms with E-state index in [9.17, 15) is 4.79 Å². The molecule has 1 fully saturated rings. The Morgan fingerprint density at radius 3 is 2.78 bits per heavy atom. The number of rotatable bonds is 3. The van der Waals surface area contributed by atoms with Crippen LogP contribution in [0.2, 0.25) is 10.0 Å². The van der Waals surface area contributed by atoms with Crippen LogP contribution in [0.5, 0.6) is 0 Å². The third-order valence-electron chi connectivity index (χ3n) is 3.20. The summed E-state index contributed by atoms with van der Waals surface area (Å²) < 4.78 is 0. The maximum Gasteiger partial charge on any atom is 0.227 e. The molecule has 2 nitrogen and oxygen atoms in total. The third-order valence-corrected chi connectivity index (χ3v) is 4.85. The second kappa shape index (κ2) is 6.27. The molecule has 0 N–H and O–H groups in total. The lowest BCUT2D eigenvalue weighted by Gasteiger charge is -2.16. The fraction of sp³-hybridized carbons (Fsp3) is 0.462. The summed E-state index contributed by atoms with van der Waals surface area (Å²) in [7, 11) is 0. The molecule has 1 amide bonds. The minimum Gasteiger partial charge on any atom is -0.342 e. The van der Waals surface area contributed by atoms with Gasteiger partial charge < -0.3 is 4.90 Å². The van der Waals surface area contributed by atoms with E-state index in [0.717, 1.165) is 30.4 Å². The van der Waals surface area contributed by atoms with Crippen LogP contribution >= 0.6 is 39.1 Å². The maximum atomic E-state index is 12.1. The molecule has 1 atom stereocenters. The van der Waals surface area contributed by atoms with Gasteiger partial charge in [-0.15, -0.1) is 0 Å². The number of halogens is 3. The van der Waals surface area contributed by atoms with Gasteiger partial charge >= 0.3 is 0 Å². The average Bonchev–Trinajstić information content (AvgIpc) is 2.82. The second-order valence-corrected chi connectivity index (χ2v) is 6.04. The monoisotopic (exact) mass is 349 g/mol. The molecule has 5 heteroatoms. The average molecular weight is 351 g/mol. The highest BCUT2D eigenvalue weighted by Gasteiger charge is 2.25. The van der Waals surface area contributed by atoms with E-state index in [1.807, 2.05) is 11.0 Å². The van der Waals surface area contributed by atoms with Gasteiger partial charge in [0.15, 0.2) is 0 Å². The van der Waals surface area contributed by atoms with E-state index >= 15 is 0 Å². The number of hydrogen-bond donors (Lipinski definition) is 0. The molecule has 0 aliphatic carbocycles. The van der Waals surface area contributed by atoms with E-state index < -0.39 is 0 Å². The molecule has 1 aliphatic heterocycles. The zero-order valence-electron chi connectivity index (χ0n) is 9.83. The number of carbonyl (C=O) groups is 1. The minimum absolute atomic E-state index is 0.164. The molecule has 0 aromatic heterocycles. The van der Waals surface area contributed by atoms with Gasteiger partial charge in [-0.25, -0.2) is 0 Å². The Hall–Kier alpha value is -0.250. The van der Waals surface area contributed by atoms with Gasteiger partial charge in [0.05, 0.1) is 16.5 Å². The zero-order chi connectivity index (χ0) is 13.1. The van der Waals surface area contributed by atoms with Crippen LogP contribution in [0.3, 0.4) is 0 Å². The van der Waals surface area contributed by atoms with Gasteiger partial charge in [-0.2, -0.15) is 0 Å². The topological polar surface area (TPSA) is 20.3 Å². The highest BCUT2D eigenvalue weighted by Crippen LogP contribution is 2.24. The molecule has 98 valence electrons. The van der Waals surface area contributed by atoms with E-state index in [1.165, 1.54) is 0 Å². The molecular formula is C13H14BrCl2NO. The van der Waals surface area contributed by atoms with Crippen molar-refractivity contribution in [3.05, 3.63) is 33.8 Å². The van der Waals surface area contributed by atoms with Gasteiger partial charge in [-0.1, -0.05) is 45.2 Å². The largest absolute Gasteiger partial charge is 0.342 e. The first kappa shape index (κ1) is 14.2. The summed E-state index contributed by atoms with van der Waals surface area (Å²) in [6, 6.07) is 5.35. The molecule has 1 aliphatic rings. The first-order valence-corrected chi connectivity index (χ1v) is 7.75. The fourth-order valence-electron chi connectivity index (χ4n) is 2.12. The number of carbonyl (C=O) groups excluding carboxylic acids is 1. The lowest BCUT2D eigenvalue weighted by atomic mass is 10.1. The Balaban J connectivity index is 1.97. The van der Waals surface area contributed by atoms with E-state index in [1.54, 1.807) is 12.1 Å². The Kier molecular flexibility index (Phi) is 4.93. The molecule has 1 heterocycles. The second-order valence-electron chi connectivity index (χ2n) is 4.57. The summed E-state index contributed by atoms with van der Waals surface area (Å²) in [4.78, 5) is 14.0. The van der Waals surface area contributed by atoms with Crippen molar-refractivity contribution >= 4 is 45.0 Å². The smallest absolute Gasteiger partial charge is 0.227 e. The van der Waals surface area contributed by atoms with Crippen LogP contribution < -0.4 is 0 Å². The van der Waals surface area contributed by atoms with Crippen LogP contribution in [0.1, 0.15) is 12.0 Å². The first-order chi connectivity index (χ1) is 8.60. The zero-order valence-corrected chi connectivity index (χ0v) is 12.9. The molecule has 1 aromatic carbocycles. The van der Waals surface area contributed by atoms with Crippen LogP contribution in [0, 0.1) is 5.92 Å². The number of likely N-dealkylation sites (tertiary alicyclic amines) is 1. The molecule has 0 spiro atoms. The van der Waals surface area contributed by atoms with E-state index in [-0.39, 0.29) is 5.91 Å². The van der Waals surface area contributed by atoms with Crippen molar-refractivity contribution in [3.63, 3.8) is 0 Å². The molecule has 18 heavy (non-hydrogen) atoms. The summed E-state index contributed by atoms with van der Waals surface area (Å²) in [5.74, 6) is 0.750. The van der Waals surface area contributed by atoms with Gasteiger partial charge in [0.2, 0.25) is 5.91 Å². The Morgan fingerprint density at radius 1 is 1.39 bits per heavy atom. The summed E-state index contributed by atoms with van der Waals surface area (Å²) in [5.41, 5.74) is 0.914. The number of benzene rings is 1. The van der Waals surface area contributed by atoms with Crippen molar-refractivity contribution in [2.24, 2.45) is 5.92 Å². The van der Waals surface area contributed by atoms with E-state index in [2.05, 4.69) is 15.9 Å². The lowest BCUT2D eigenvalue weighted by molar-refractivity contribution is -0.129. The van der Waals surface area contributed by atoms with Crippen LogP contribution in [-0.4, -0.2) is 29.2 Å². The fourth-order valence-corrected chi connectivity index (χ4v) is 2.97. The Labute approximate surface area is 125 Å². The van der Waals surface area contributed by atoms with E-state index in [0.29, 0.717) is 22.4 Å². The number of amides is 1. The van der Waals surface area contributed by atoms with Gasteiger partial charge in [-0.3, -0.25) is 4.79 Å². The summed E-state index contributed by atoms with van der Waals surface area (Å²) in [6.45, 7) is 1.71. The number of alkyl halides is 1. The van der Waals surface area contributed by atoms with Crippen molar-refractivity contribution in [1.82, 2.24) is 4.90 Å². The summed E-state index contributed by atoms with van der Waals surface area (Å²) in [6.07, 6.45) is 1.48. The molecule has 1 unspecified atom stereocenters. The molecule has 1 aromatic rings. The summed E-state index contributed by atoms with van der Waals surface area (Å²) in [5, 5.41) is 1.99. The molecule has 0 radical (unpaired) electrons. The summed E-state index contributed by atoms with van der Waals surface area (Å²) >= 11 is 15.3. The van der Waals surface area contributed by atoms with Gasteiger partial charge in [0.1, 0.15) is 0 Å². The molecule has 0 saturated carbocycles. The lowest BCUT2D eigenvalue weighted by Crippen LogP contribution is -2.30. The van der Waals surface area contributed by atoms with Gasteiger partial charge in [0.25, 0.3) is 0 Å². The quantitative estimate of drug-likeness (QED) is 0.759. The third kappa shape index (κ3) is 3.40. The SMILES string of the molecule is O=C(Cc1ccc(Cl)c(Cl)c1)N1CCC(CBr)C1. The number of hydrogen-bond acceptors (Lipinski definition) is 1. The van der Waals surface area contributed by atoms with Crippen LogP contribution in [0.4, 0.5) is 0 Å². The Bertz CT molecular complexity index is 453. The van der Waals surface area contributed by atoms with Crippen molar-refractivity contribution in [1.29, 1.82) is 0 Å². The van der Waals surface area contributed by atoms with Crippen molar-refractivity contribution in [2.45, 2.75) is 12.8 Å². The molecule has 2 rings (SSSR count). The predicted molar refractivity (Wildman–Crippen MR) is 78.6 cm³/mol. The molecule has 0 bridgehead atoms. The molecule has 1 saturated heterocycles. The number of nitrogens with zero attached hydrogens (tertiary/aromatic N) is 1. The van der Waals surface area contributed by atoms with Crippen molar-refractivity contribution in [2.75, 3.05) is 18.4 Å². The van der Waals surface area contributed by atoms with Gasteiger partial charge in [-0.05, 0) is 30.0 Å². The first-order valence-electron chi connectivity index (χ1n) is 5.88. The highest BCUT2D eigenvalue weighted by molar-refractivity contribution is 9.09. The van der Waals surface area contributed by atoms with Crippen LogP contribution in [-0.2, 0) is 11.2 Å². The van der Waals surface area contributed by atoms with Crippen molar-refractivity contribution in [3.8, 4) is 0 Å². The van der Waals surface area contributed by atoms with E-state index in [4.69, 9.17) is 23.2 Å². The van der Waals surface area contributed by atoms with Gasteiger partial charge in [0, 0.05) is 18.4 Å². The Morgan fingerprint density at radius 2 is 2.17 bits per heavy atom. The van der Waals surface area contributed by atoms with Crippen molar-refractivity contribution < 1.29 is 4.79 Å². The van der Waals surface area contributed by atoms with Crippen LogP contribution in [0.25, 0.3) is 0 Å². The molecular weight excluding hydrogens is 337 g/mol. The maximum absolute atomic E-state index is 12.1. The minimum atomic E-state index is 0.164. The normalized spacial score (nSPS) is 19.3.